The summed E-state index contributed by atoms with van der Waals surface area (Å²) in [7, 11) is 1.68. The Morgan fingerprint density at radius 2 is 2.18 bits per heavy atom. The van der Waals surface area contributed by atoms with Crippen LogP contribution in [0.2, 0.25) is 0 Å². The highest BCUT2D eigenvalue weighted by Crippen LogP contribution is 2.18. The largest absolute Gasteiger partial charge is 0.378 e. The highest BCUT2D eigenvalue weighted by Gasteiger charge is 2.29. The number of carbonyl (C=O) groups is 1. The molecule has 126 valence electrons. The lowest BCUT2D eigenvalue weighted by molar-refractivity contribution is 0.0770. The molecule has 0 radical (unpaired) electrons. The van der Waals surface area contributed by atoms with Crippen LogP contribution in [-0.2, 0) is 4.74 Å². The Balaban J connectivity index is 0.00000242. The maximum atomic E-state index is 12.6. The molecule has 1 aromatic heterocycles. The summed E-state index contributed by atoms with van der Waals surface area (Å²) < 4.78 is 7.26. The second kappa shape index (κ2) is 8.50. The van der Waals surface area contributed by atoms with Crippen molar-refractivity contribution >= 4 is 18.3 Å². The Morgan fingerprint density at radius 3 is 2.77 bits per heavy atom. The molecule has 0 aliphatic carbocycles. The SMILES string of the molecule is CCC(CC)n1nc(C)cc1C(=O)NC1CNCC1OC.Cl. The Labute approximate surface area is 138 Å². The molecule has 1 amide bonds. The van der Waals surface area contributed by atoms with E-state index in [1.807, 2.05) is 17.7 Å². The molecule has 2 heterocycles. The lowest BCUT2D eigenvalue weighted by atomic mass is 10.1. The van der Waals surface area contributed by atoms with Crippen molar-refractivity contribution in [2.24, 2.45) is 0 Å². The first-order chi connectivity index (χ1) is 10.1. The lowest BCUT2D eigenvalue weighted by Gasteiger charge is -2.20. The number of methoxy groups -OCH3 is 1. The molecule has 1 aliphatic heterocycles. The predicted molar refractivity (Wildman–Crippen MR) is 88.8 cm³/mol. The van der Waals surface area contributed by atoms with Crippen molar-refractivity contribution in [3.8, 4) is 0 Å². The molecule has 2 N–H and O–H groups in total. The van der Waals surface area contributed by atoms with Crippen LogP contribution in [0.3, 0.4) is 0 Å². The van der Waals surface area contributed by atoms with Crippen LogP contribution in [0.4, 0.5) is 0 Å². The summed E-state index contributed by atoms with van der Waals surface area (Å²) in [5.41, 5.74) is 1.52. The Bertz CT molecular complexity index is 488. The maximum absolute atomic E-state index is 12.6. The smallest absolute Gasteiger partial charge is 0.269 e. The van der Waals surface area contributed by atoms with Crippen molar-refractivity contribution in [3.05, 3.63) is 17.5 Å². The van der Waals surface area contributed by atoms with E-state index in [-0.39, 0.29) is 36.5 Å². The number of hydrogen-bond donors (Lipinski definition) is 2. The van der Waals surface area contributed by atoms with Gasteiger partial charge in [0.15, 0.2) is 0 Å². The average Bonchev–Trinajstić information content (AvgIpc) is 3.07. The molecule has 1 fully saturated rings. The second-order valence-corrected chi connectivity index (χ2v) is 5.60. The van der Waals surface area contributed by atoms with Crippen LogP contribution in [-0.4, -0.2) is 48.0 Å². The minimum atomic E-state index is -0.0711. The summed E-state index contributed by atoms with van der Waals surface area (Å²) in [6, 6.07) is 2.13. The first-order valence-electron chi connectivity index (χ1n) is 7.71. The highest BCUT2D eigenvalue weighted by molar-refractivity contribution is 5.93. The van der Waals surface area contributed by atoms with Gasteiger partial charge in [0.2, 0.25) is 0 Å². The average molecular weight is 331 g/mol. The van der Waals surface area contributed by atoms with Crippen LogP contribution in [0.1, 0.15) is 48.9 Å². The van der Waals surface area contributed by atoms with E-state index in [1.165, 1.54) is 0 Å². The van der Waals surface area contributed by atoms with Crippen molar-refractivity contribution in [2.45, 2.75) is 51.8 Å². The van der Waals surface area contributed by atoms with E-state index in [1.54, 1.807) is 7.11 Å². The third-order valence-electron chi connectivity index (χ3n) is 4.16. The molecule has 2 unspecified atom stereocenters. The molecule has 2 rings (SSSR count). The number of halogens is 1. The summed E-state index contributed by atoms with van der Waals surface area (Å²) in [5.74, 6) is -0.0711. The van der Waals surface area contributed by atoms with E-state index in [0.717, 1.165) is 31.6 Å². The van der Waals surface area contributed by atoms with Crippen LogP contribution in [0.25, 0.3) is 0 Å². The number of hydrogen-bond acceptors (Lipinski definition) is 4. The monoisotopic (exact) mass is 330 g/mol. The lowest BCUT2D eigenvalue weighted by Crippen LogP contribution is -2.44. The van der Waals surface area contributed by atoms with Gasteiger partial charge in [-0.05, 0) is 25.8 Å². The van der Waals surface area contributed by atoms with Gasteiger partial charge in [0, 0.05) is 20.2 Å². The number of nitrogens with one attached hydrogen (secondary N) is 2. The molecule has 0 bridgehead atoms. The van der Waals surface area contributed by atoms with E-state index < -0.39 is 0 Å². The number of aryl methyl sites for hydroxylation is 1. The summed E-state index contributed by atoms with van der Waals surface area (Å²) in [4.78, 5) is 12.6. The van der Waals surface area contributed by atoms with Gasteiger partial charge in [-0.3, -0.25) is 9.48 Å². The van der Waals surface area contributed by atoms with E-state index in [2.05, 4.69) is 29.6 Å². The molecule has 1 aromatic rings. The van der Waals surface area contributed by atoms with Gasteiger partial charge in [0.25, 0.3) is 5.91 Å². The van der Waals surface area contributed by atoms with Crippen LogP contribution < -0.4 is 10.6 Å². The van der Waals surface area contributed by atoms with Gasteiger partial charge in [-0.25, -0.2) is 0 Å². The standard InChI is InChI=1S/C15H26N4O2.ClH/c1-5-11(6-2)19-13(7-10(3)18-19)15(20)17-12-8-16-9-14(12)21-4;/h7,11-12,14,16H,5-6,8-9H2,1-4H3,(H,17,20);1H. The van der Waals surface area contributed by atoms with E-state index in [9.17, 15) is 4.79 Å². The molecule has 7 heteroatoms. The van der Waals surface area contributed by atoms with Crippen molar-refractivity contribution in [1.82, 2.24) is 20.4 Å². The van der Waals surface area contributed by atoms with Crippen molar-refractivity contribution < 1.29 is 9.53 Å². The first-order valence-corrected chi connectivity index (χ1v) is 7.71. The number of aromatic nitrogens is 2. The summed E-state index contributed by atoms with van der Waals surface area (Å²) >= 11 is 0. The fourth-order valence-electron chi connectivity index (χ4n) is 2.89. The Kier molecular flexibility index (Phi) is 7.32. The molecule has 1 saturated heterocycles. The quantitative estimate of drug-likeness (QED) is 0.833. The zero-order valence-corrected chi connectivity index (χ0v) is 14.6. The second-order valence-electron chi connectivity index (χ2n) is 5.60. The molecule has 2 atom stereocenters. The normalized spacial score (nSPS) is 21.0. The third kappa shape index (κ3) is 4.00. The van der Waals surface area contributed by atoms with E-state index >= 15 is 0 Å². The van der Waals surface area contributed by atoms with E-state index in [0.29, 0.717) is 5.69 Å². The van der Waals surface area contributed by atoms with Gasteiger partial charge >= 0.3 is 0 Å². The number of carbonyl (C=O) groups excluding carboxylic acids is 1. The zero-order chi connectivity index (χ0) is 15.4. The fraction of sp³-hybridized carbons (Fsp3) is 0.733. The van der Waals surface area contributed by atoms with Crippen molar-refractivity contribution in [2.75, 3.05) is 20.2 Å². The summed E-state index contributed by atoms with van der Waals surface area (Å²) in [6.45, 7) is 7.67. The van der Waals surface area contributed by atoms with Gasteiger partial charge in [0.05, 0.1) is 23.9 Å². The van der Waals surface area contributed by atoms with Gasteiger partial charge < -0.3 is 15.4 Å². The molecule has 0 spiro atoms. The Hall–Kier alpha value is -1.11. The van der Waals surface area contributed by atoms with Crippen LogP contribution in [0.15, 0.2) is 6.07 Å². The van der Waals surface area contributed by atoms with Crippen LogP contribution in [0, 0.1) is 6.92 Å². The van der Waals surface area contributed by atoms with Crippen molar-refractivity contribution in [1.29, 1.82) is 0 Å². The van der Waals surface area contributed by atoms with E-state index in [4.69, 9.17) is 4.74 Å². The summed E-state index contributed by atoms with van der Waals surface area (Å²) in [5, 5.41) is 10.8. The van der Waals surface area contributed by atoms with Gasteiger partial charge in [0.1, 0.15) is 5.69 Å². The summed E-state index contributed by atoms with van der Waals surface area (Å²) in [6.07, 6.45) is 1.95. The van der Waals surface area contributed by atoms with Gasteiger partial charge in [-0.15, -0.1) is 12.4 Å². The molecule has 22 heavy (non-hydrogen) atoms. The number of amides is 1. The molecule has 6 nitrogen and oxygen atoms in total. The van der Waals surface area contributed by atoms with Gasteiger partial charge in [-0.1, -0.05) is 13.8 Å². The number of ether oxygens (including phenoxy) is 1. The topological polar surface area (TPSA) is 68.2 Å². The molecular formula is C15H27ClN4O2. The maximum Gasteiger partial charge on any atom is 0.269 e. The molecule has 0 aromatic carbocycles. The molecule has 1 aliphatic rings. The Morgan fingerprint density at radius 1 is 1.50 bits per heavy atom. The van der Waals surface area contributed by atoms with Crippen LogP contribution in [0.5, 0.6) is 0 Å². The fourth-order valence-corrected chi connectivity index (χ4v) is 2.89. The zero-order valence-electron chi connectivity index (χ0n) is 13.8. The first kappa shape index (κ1) is 18.9. The van der Waals surface area contributed by atoms with Gasteiger partial charge in [-0.2, -0.15) is 5.10 Å². The number of rotatable bonds is 6. The minimum Gasteiger partial charge on any atom is -0.378 e. The third-order valence-corrected chi connectivity index (χ3v) is 4.16. The van der Waals surface area contributed by atoms with Crippen LogP contribution >= 0.6 is 12.4 Å². The minimum absolute atomic E-state index is 0. The molecule has 0 saturated carbocycles. The number of nitrogens with zero attached hydrogens (tertiary/aromatic N) is 2. The highest BCUT2D eigenvalue weighted by atomic mass is 35.5. The predicted octanol–water partition coefficient (Wildman–Crippen LogP) is 1.69. The van der Waals surface area contributed by atoms with Crippen molar-refractivity contribution in [3.63, 3.8) is 0 Å². The molecular weight excluding hydrogens is 304 g/mol.